The van der Waals surface area contributed by atoms with Crippen LogP contribution in [0.4, 0.5) is 24.0 Å². The normalized spacial score (nSPS) is 21.7. The summed E-state index contributed by atoms with van der Waals surface area (Å²) in [7, 11) is 4.08. The molecule has 0 bridgehead atoms. The summed E-state index contributed by atoms with van der Waals surface area (Å²) >= 11 is 0.801. The Bertz CT molecular complexity index is 1940. The first-order valence-corrected chi connectivity index (χ1v) is 17.1. The van der Waals surface area contributed by atoms with Crippen LogP contribution in [0, 0.1) is 34.2 Å². The van der Waals surface area contributed by atoms with E-state index in [0.717, 1.165) is 56.5 Å². The number of rotatable bonds is 10. The van der Waals surface area contributed by atoms with E-state index in [1.54, 1.807) is 0 Å². The summed E-state index contributed by atoms with van der Waals surface area (Å²) < 4.78 is 59.0. The van der Waals surface area contributed by atoms with Gasteiger partial charge in [-0.05, 0) is 60.0 Å². The van der Waals surface area contributed by atoms with Crippen molar-refractivity contribution in [3.05, 3.63) is 35.3 Å². The van der Waals surface area contributed by atoms with E-state index in [4.69, 9.17) is 20.2 Å². The van der Waals surface area contributed by atoms with Crippen molar-refractivity contribution >= 4 is 43.1 Å². The maximum absolute atomic E-state index is 16.7. The van der Waals surface area contributed by atoms with Crippen LogP contribution in [0.2, 0.25) is 0 Å². The number of ether oxygens (including phenoxy) is 2. The number of thiophene rings is 1. The van der Waals surface area contributed by atoms with E-state index in [2.05, 4.69) is 38.9 Å². The molecule has 10 nitrogen and oxygen atoms in total. The van der Waals surface area contributed by atoms with Gasteiger partial charge < -0.3 is 25.4 Å². The number of halogens is 3. The van der Waals surface area contributed by atoms with E-state index >= 15 is 8.78 Å². The first-order chi connectivity index (χ1) is 22.9. The SMILES string of the molecule is C[C@@H]1CO[C@@H](C)CN1CC1(COc2nc(NCC3(N(C)C)CCC3)c3cnc(-c4c(F)cc(F)c5sc(N)c(C#N)c45)c(F)c3n2)CC1. The third kappa shape index (κ3) is 5.70. The second-order valence-corrected chi connectivity index (χ2v) is 15.0. The topological polar surface area (TPSA) is 125 Å². The predicted octanol–water partition coefficient (Wildman–Crippen LogP) is 5.94. The zero-order chi connectivity index (χ0) is 34.0. The molecular formula is C34H39F3N8O2S. The molecule has 0 spiro atoms. The molecule has 2 aliphatic carbocycles. The largest absolute Gasteiger partial charge is 0.463 e. The lowest BCUT2D eigenvalue weighted by atomic mass is 9.75. The van der Waals surface area contributed by atoms with Crippen molar-refractivity contribution < 1.29 is 22.6 Å². The van der Waals surface area contributed by atoms with Gasteiger partial charge in [-0.15, -0.1) is 11.3 Å². The van der Waals surface area contributed by atoms with E-state index in [1.165, 1.54) is 6.20 Å². The zero-order valence-electron chi connectivity index (χ0n) is 27.5. The third-order valence-electron chi connectivity index (χ3n) is 10.5. The number of nitrogens with zero attached hydrogens (tertiary/aromatic N) is 6. The summed E-state index contributed by atoms with van der Waals surface area (Å²) in [6.07, 6.45) is 6.62. The van der Waals surface area contributed by atoms with Crippen molar-refractivity contribution in [3.63, 3.8) is 0 Å². The van der Waals surface area contributed by atoms with Crippen LogP contribution in [0.3, 0.4) is 0 Å². The number of hydrogen-bond donors (Lipinski definition) is 2. The van der Waals surface area contributed by atoms with E-state index in [9.17, 15) is 9.65 Å². The third-order valence-corrected chi connectivity index (χ3v) is 11.5. The quantitative estimate of drug-likeness (QED) is 0.208. The number of anilines is 2. The van der Waals surface area contributed by atoms with Crippen LogP contribution in [0.5, 0.6) is 6.01 Å². The molecule has 48 heavy (non-hydrogen) atoms. The molecular weight excluding hydrogens is 641 g/mol. The number of benzene rings is 1. The van der Waals surface area contributed by atoms with E-state index in [1.807, 2.05) is 20.2 Å². The molecule has 254 valence electrons. The van der Waals surface area contributed by atoms with Gasteiger partial charge in [-0.25, -0.2) is 13.2 Å². The van der Waals surface area contributed by atoms with Crippen LogP contribution in [-0.4, -0.2) is 89.4 Å². The maximum Gasteiger partial charge on any atom is 0.319 e. The standard InChI is InChI=1S/C34H39F3N8O2S/c1-18-14-46-19(2)13-45(18)16-33(8-9-33)17-47-32-42-27-21(31(43-32)41-15-34(44(3)4)6-5-7-34)12-40-28(26(27)37)25-22(35)10-23(36)29-24(25)20(11-38)30(39)48-29/h10,12,18-19H,5-9,13-17,39H2,1-4H3,(H,41,42,43)/t18-,19+/m1/s1. The summed E-state index contributed by atoms with van der Waals surface area (Å²) in [5.41, 5.74) is 4.81. The lowest BCUT2D eigenvalue weighted by molar-refractivity contribution is -0.0580. The summed E-state index contributed by atoms with van der Waals surface area (Å²) in [5.74, 6) is -2.55. The molecule has 1 aromatic carbocycles. The molecule has 1 saturated heterocycles. The van der Waals surface area contributed by atoms with Crippen LogP contribution >= 0.6 is 11.3 Å². The number of nitriles is 1. The Morgan fingerprint density at radius 3 is 2.62 bits per heavy atom. The Labute approximate surface area is 281 Å². The Morgan fingerprint density at radius 1 is 1.19 bits per heavy atom. The Kier molecular flexibility index (Phi) is 8.38. The van der Waals surface area contributed by atoms with E-state index < -0.39 is 23.1 Å². The summed E-state index contributed by atoms with van der Waals surface area (Å²) in [6.45, 7) is 7.51. The highest BCUT2D eigenvalue weighted by molar-refractivity contribution is 7.23. The molecule has 2 saturated carbocycles. The van der Waals surface area contributed by atoms with Crippen LogP contribution in [0.15, 0.2) is 12.3 Å². The average molecular weight is 681 g/mol. The fraction of sp³-hybridized carbons (Fsp3) is 0.529. The van der Waals surface area contributed by atoms with E-state index in [0.29, 0.717) is 37.7 Å². The van der Waals surface area contributed by atoms with Crippen molar-refractivity contribution in [1.82, 2.24) is 24.8 Å². The molecule has 3 N–H and O–H groups in total. The zero-order valence-corrected chi connectivity index (χ0v) is 28.3. The number of fused-ring (bicyclic) bond motifs is 2. The molecule has 4 aromatic rings. The molecule has 0 amide bonds. The number of pyridine rings is 1. The molecule has 7 rings (SSSR count). The van der Waals surface area contributed by atoms with Gasteiger partial charge in [0.15, 0.2) is 5.82 Å². The smallest absolute Gasteiger partial charge is 0.319 e. The Hall–Kier alpha value is -3.77. The molecule has 4 heterocycles. The number of nitrogens with two attached hydrogens (primary N) is 1. The lowest BCUT2D eigenvalue weighted by Gasteiger charge is -2.47. The fourth-order valence-corrected chi connectivity index (χ4v) is 7.89. The van der Waals surface area contributed by atoms with Gasteiger partial charge in [-0.3, -0.25) is 9.88 Å². The molecule has 3 fully saturated rings. The molecule has 2 atom stereocenters. The van der Waals surface area contributed by atoms with Crippen molar-refractivity contribution in [2.75, 3.05) is 58.0 Å². The van der Waals surface area contributed by atoms with Crippen molar-refractivity contribution in [1.29, 1.82) is 5.26 Å². The van der Waals surface area contributed by atoms with Gasteiger partial charge in [0.1, 0.15) is 39.7 Å². The van der Waals surface area contributed by atoms with Crippen LogP contribution < -0.4 is 15.8 Å². The van der Waals surface area contributed by atoms with Crippen LogP contribution in [-0.2, 0) is 4.74 Å². The Balaban J connectivity index is 1.28. The molecule has 3 aromatic heterocycles. The van der Waals surface area contributed by atoms with Crippen LogP contribution in [0.25, 0.3) is 32.2 Å². The predicted molar refractivity (Wildman–Crippen MR) is 180 cm³/mol. The summed E-state index contributed by atoms with van der Waals surface area (Å²) in [4.78, 5) is 18.1. The first kappa shape index (κ1) is 32.8. The number of likely N-dealkylation sites (N-methyl/N-ethyl adjacent to an activating group) is 1. The lowest BCUT2D eigenvalue weighted by Crippen LogP contribution is -2.54. The highest BCUT2D eigenvalue weighted by Gasteiger charge is 2.46. The second kappa shape index (κ2) is 12.3. The molecule has 0 radical (unpaired) electrons. The van der Waals surface area contributed by atoms with Gasteiger partial charge in [0.05, 0.1) is 35.0 Å². The molecule has 0 unspecified atom stereocenters. The monoisotopic (exact) mass is 680 g/mol. The highest BCUT2D eigenvalue weighted by atomic mass is 32.1. The number of nitrogen functional groups attached to an aromatic ring is 1. The van der Waals surface area contributed by atoms with Crippen molar-refractivity contribution in [2.24, 2.45) is 5.41 Å². The minimum absolute atomic E-state index is 0.00435. The number of morpholine rings is 1. The van der Waals surface area contributed by atoms with Gasteiger partial charge in [-0.1, -0.05) is 0 Å². The van der Waals surface area contributed by atoms with Gasteiger partial charge in [0.25, 0.3) is 0 Å². The molecule has 3 aliphatic rings. The average Bonchev–Trinajstić information content (AvgIpc) is 3.71. The van der Waals surface area contributed by atoms with Gasteiger partial charge in [0.2, 0.25) is 0 Å². The van der Waals surface area contributed by atoms with Gasteiger partial charge >= 0.3 is 6.01 Å². The fourth-order valence-electron chi connectivity index (χ4n) is 6.96. The second-order valence-electron chi connectivity index (χ2n) is 13.9. The van der Waals surface area contributed by atoms with Gasteiger partial charge in [0, 0.05) is 59.8 Å². The maximum atomic E-state index is 16.7. The number of aromatic nitrogens is 3. The summed E-state index contributed by atoms with van der Waals surface area (Å²) in [5, 5.41) is 13.4. The minimum Gasteiger partial charge on any atom is -0.463 e. The minimum atomic E-state index is -1.07. The first-order valence-electron chi connectivity index (χ1n) is 16.3. The molecule has 14 heteroatoms. The number of hydrogen-bond acceptors (Lipinski definition) is 11. The van der Waals surface area contributed by atoms with Crippen molar-refractivity contribution in [3.8, 4) is 23.3 Å². The number of nitrogens with one attached hydrogen (secondary N) is 1. The van der Waals surface area contributed by atoms with Crippen molar-refractivity contribution in [2.45, 2.75) is 63.6 Å². The highest BCUT2D eigenvalue weighted by Crippen LogP contribution is 2.48. The van der Waals surface area contributed by atoms with Gasteiger partial charge in [-0.2, -0.15) is 15.2 Å². The van der Waals surface area contributed by atoms with Crippen LogP contribution in [0.1, 0.15) is 51.5 Å². The Morgan fingerprint density at radius 2 is 1.96 bits per heavy atom. The summed E-state index contributed by atoms with van der Waals surface area (Å²) in [6, 6.07) is 2.85. The molecule has 1 aliphatic heterocycles. The van der Waals surface area contributed by atoms with E-state index in [-0.39, 0.29) is 60.2 Å².